The van der Waals surface area contributed by atoms with E-state index >= 15 is 0 Å². The van der Waals surface area contributed by atoms with E-state index in [0.717, 1.165) is 5.56 Å². The largest absolute Gasteiger partial charge is 0.392 e. The maximum Gasteiger partial charge on any atom is 0.0710 e. The van der Waals surface area contributed by atoms with Crippen molar-refractivity contribution in [2.45, 2.75) is 32.8 Å². The highest BCUT2D eigenvalue weighted by Crippen LogP contribution is 2.13. The smallest absolute Gasteiger partial charge is 0.0710 e. The molecule has 0 amide bonds. The Labute approximate surface area is 84.8 Å². The summed E-state index contributed by atoms with van der Waals surface area (Å²) >= 11 is 0. The highest BCUT2D eigenvalue weighted by molar-refractivity contribution is 5.30. The minimum Gasteiger partial charge on any atom is -0.392 e. The number of aliphatic hydroxyl groups is 1. The summed E-state index contributed by atoms with van der Waals surface area (Å²) in [7, 11) is 0. The summed E-state index contributed by atoms with van der Waals surface area (Å²) in [4.78, 5) is 0. The molecular formula is C12H15NO. The third kappa shape index (κ3) is 2.86. The topological polar surface area (TPSA) is 44.0 Å². The molecule has 0 saturated heterocycles. The number of hydrogen-bond donors (Lipinski definition) is 1. The standard InChI is InChI=1S/C12H15NO/c1-9-3-4-10(2)11(7-9)8-12(14)5-6-13/h3-4,7,12,14H,5,8H2,1-2H3. The lowest BCUT2D eigenvalue weighted by atomic mass is 9.99. The zero-order valence-corrected chi connectivity index (χ0v) is 8.62. The maximum atomic E-state index is 9.50. The molecule has 2 heteroatoms. The Morgan fingerprint density at radius 1 is 1.43 bits per heavy atom. The van der Waals surface area contributed by atoms with Crippen molar-refractivity contribution in [3.63, 3.8) is 0 Å². The van der Waals surface area contributed by atoms with Gasteiger partial charge in [-0.25, -0.2) is 0 Å². The molecule has 0 aliphatic carbocycles. The van der Waals surface area contributed by atoms with E-state index < -0.39 is 6.10 Å². The van der Waals surface area contributed by atoms with Crippen molar-refractivity contribution in [3.8, 4) is 6.07 Å². The lowest BCUT2D eigenvalue weighted by Crippen LogP contribution is -2.10. The van der Waals surface area contributed by atoms with E-state index in [1.165, 1.54) is 11.1 Å². The van der Waals surface area contributed by atoms with Crippen molar-refractivity contribution in [1.29, 1.82) is 5.26 Å². The van der Waals surface area contributed by atoms with Crippen LogP contribution in [0.2, 0.25) is 0 Å². The summed E-state index contributed by atoms with van der Waals surface area (Å²) in [5.74, 6) is 0. The van der Waals surface area contributed by atoms with Gasteiger partial charge < -0.3 is 5.11 Å². The molecule has 1 aromatic carbocycles. The summed E-state index contributed by atoms with van der Waals surface area (Å²) in [5, 5.41) is 17.9. The van der Waals surface area contributed by atoms with Gasteiger partial charge in [-0.15, -0.1) is 0 Å². The summed E-state index contributed by atoms with van der Waals surface area (Å²) in [6.07, 6.45) is 0.231. The first-order valence-corrected chi connectivity index (χ1v) is 4.74. The monoisotopic (exact) mass is 189 g/mol. The van der Waals surface area contributed by atoms with Crippen LogP contribution in [0.4, 0.5) is 0 Å². The van der Waals surface area contributed by atoms with E-state index in [2.05, 4.69) is 12.1 Å². The van der Waals surface area contributed by atoms with E-state index in [1.54, 1.807) is 0 Å². The van der Waals surface area contributed by atoms with Gasteiger partial charge in [0.25, 0.3) is 0 Å². The number of hydrogen-bond acceptors (Lipinski definition) is 2. The predicted molar refractivity (Wildman–Crippen MR) is 55.9 cm³/mol. The van der Waals surface area contributed by atoms with Gasteiger partial charge in [0.05, 0.1) is 18.6 Å². The molecular weight excluding hydrogens is 174 g/mol. The predicted octanol–water partition coefficient (Wildman–Crippen LogP) is 2.12. The van der Waals surface area contributed by atoms with Crippen LogP contribution < -0.4 is 0 Å². The van der Waals surface area contributed by atoms with Crippen molar-refractivity contribution in [2.24, 2.45) is 0 Å². The molecule has 1 aromatic rings. The fourth-order valence-corrected chi connectivity index (χ4v) is 1.45. The fraction of sp³-hybridized carbons (Fsp3) is 0.417. The highest BCUT2D eigenvalue weighted by atomic mass is 16.3. The van der Waals surface area contributed by atoms with Crippen LogP contribution in [-0.2, 0) is 6.42 Å². The molecule has 0 spiro atoms. The molecule has 0 fully saturated rings. The van der Waals surface area contributed by atoms with E-state index in [9.17, 15) is 5.11 Å². The average Bonchev–Trinajstić information content (AvgIpc) is 2.12. The van der Waals surface area contributed by atoms with E-state index in [4.69, 9.17) is 5.26 Å². The van der Waals surface area contributed by atoms with Crippen LogP contribution in [0.3, 0.4) is 0 Å². The molecule has 1 rings (SSSR count). The SMILES string of the molecule is Cc1ccc(C)c(CC(O)CC#N)c1. The first-order chi connectivity index (χ1) is 6.63. The quantitative estimate of drug-likeness (QED) is 0.791. The molecule has 74 valence electrons. The van der Waals surface area contributed by atoms with Gasteiger partial charge >= 0.3 is 0 Å². The first kappa shape index (κ1) is 10.7. The number of rotatable bonds is 3. The van der Waals surface area contributed by atoms with Gasteiger partial charge in [0, 0.05) is 0 Å². The molecule has 0 aliphatic heterocycles. The highest BCUT2D eigenvalue weighted by Gasteiger charge is 2.06. The van der Waals surface area contributed by atoms with Crippen molar-refractivity contribution in [1.82, 2.24) is 0 Å². The lowest BCUT2D eigenvalue weighted by molar-refractivity contribution is 0.180. The zero-order chi connectivity index (χ0) is 10.6. The third-order valence-electron chi connectivity index (χ3n) is 2.29. The van der Waals surface area contributed by atoms with Gasteiger partial charge in [-0.3, -0.25) is 0 Å². The van der Waals surface area contributed by atoms with Gasteiger partial charge in [0.15, 0.2) is 0 Å². The van der Waals surface area contributed by atoms with Crippen LogP contribution in [0.5, 0.6) is 0 Å². The Balaban J connectivity index is 2.76. The molecule has 1 N–H and O–H groups in total. The van der Waals surface area contributed by atoms with E-state index in [0.29, 0.717) is 6.42 Å². The second kappa shape index (κ2) is 4.78. The second-order valence-electron chi connectivity index (χ2n) is 3.65. The molecule has 0 bridgehead atoms. The number of benzene rings is 1. The van der Waals surface area contributed by atoms with Gasteiger partial charge in [0.1, 0.15) is 0 Å². The molecule has 0 aliphatic rings. The van der Waals surface area contributed by atoms with Crippen LogP contribution in [0.1, 0.15) is 23.1 Å². The molecule has 14 heavy (non-hydrogen) atoms. The van der Waals surface area contributed by atoms with Crippen molar-refractivity contribution < 1.29 is 5.11 Å². The van der Waals surface area contributed by atoms with E-state index in [1.807, 2.05) is 26.0 Å². The first-order valence-electron chi connectivity index (χ1n) is 4.74. The van der Waals surface area contributed by atoms with Crippen LogP contribution in [-0.4, -0.2) is 11.2 Å². The molecule has 1 unspecified atom stereocenters. The molecule has 1 atom stereocenters. The number of aryl methyl sites for hydroxylation is 2. The van der Waals surface area contributed by atoms with E-state index in [-0.39, 0.29) is 6.42 Å². The van der Waals surface area contributed by atoms with Crippen LogP contribution in [0.25, 0.3) is 0 Å². The Kier molecular flexibility index (Phi) is 3.67. The maximum absolute atomic E-state index is 9.50. The Hall–Kier alpha value is -1.33. The van der Waals surface area contributed by atoms with Crippen molar-refractivity contribution >= 4 is 0 Å². The molecule has 0 radical (unpaired) electrons. The van der Waals surface area contributed by atoms with Crippen LogP contribution in [0.15, 0.2) is 18.2 Å². The number of nitriles is 1. The Morgan fingerprint density at radius 3 is 2.79 bits per heavy atom. The Bertz CT molecular complexity index is 352. The van der Waals surface area contributed by atoms with Gasteiger partial charge in [0.2, 0.25) is 0 Å². The van der Waals surface area contributed by atoms with Gasteiger partial charge in [-0.05, 0) is 31.4 Å². The molecule has 0 saturated carbocycles. The summed E-state index contributed by atoms with van der Waals surface area (Å²) < 4.78 is 0. The third-order valence-corrected chi connectivity index (χ3v) is 2.29. The average molecular weight is 189 g/mol. The van der Waals surface area contributed by atoms with Gasteiger partial charge in [-0.2, -0.15) is 5.26 Å². The second-order valence-corrected chi connectivity index (χ2v) is 3.65. The fourth-order valence-electron chi connectivity index (χ4n) is 1.45. The molecule has 0 heterocycles. The Morgan fingerprint density at radius 2 is 2.14 bits per heavy atom. The minimum absolute atomic E-state index is 0.202. The van der Waals surface area contributed by atoms with Gasteiger partial charge in [-0.1, -0.05) is 23.8 Å². The van der Waals surface area contributed by atoms with Crippen molar-refractivity contribution in [2.75, 3.05) is 0 Å². The van der Waals surface area contributed by atoms with Crippen molar-refractivity contribution in [3.05, 3.63) is 34.9 Å². The summed E-state index contributed by atoms with van der Waals surface area (Å²) in [6, 6.07) is 8.13. The minimum atomic E-state index is -0.541. The number of aliphatic hydroxyl groups excluding tert-OH is 1. The normalized spacial score (nSPS) is 12.1. The van der Waals surface area contributed by atoms with Crippen LogP contribution >= 0.6 is 0 Å². The summed E-state index contributed by atoms with van der Waals surface area (Å²) in [6.45, 7) is 4.05. The lowest BCUT2D eigenvalue weighted by Gasteiger charge is -2.10. The zero-order valence-electron chi connectivity index (χ0n) is 8.62. The molecule has 0 aromatic heterocycles. The van der Waals surface area contributed by atoms with Crippen LogP contribution in [0, 0.1) is 25.2 Å². The number of nitrogens with zero attached hydrogens (tertiary/aromatic N) is 1. The summed E-state index contributed by atoms with van der Waals surface area (Å²) in [5.41, 5.74) is 3.50. The molecule has 2 nitrogen and oxygen atoms in total.